The van der Waals surface area contributed by atoms with Crippen LogP contribution in [-0.4, -0.2) is 13.0 Å². The second-order valence-corrected chi connectivity index (χ2v) is 5.42. The molecule has 2 rings (SSSR count). The number of nitrogens with zero attached hydrogens (tertiary/aromatic N) is 1. The van der Waals surface area contributed by atoms with Crippen molar-refractivity contribution in [1.29, 1.82) is 5.26 Å². The molecule has 0 spiro atoms. The number of halogens is 1. The van der Waals surface area contributed by atoms with Crippen LogP contribution in [0.2, 0.25) is 5.02 Å². The highest BCUT2D eigenvalue weighted by molar-refractivity contribution is 6.32. The van der Waals surface area contributed by atoms with Gasteiger partial charge in [-0.2, -0.15) is 5.26 Å². The first kappa shape index (κ1) is 13.7. The molecule has 1 aliphatic rings. The van der Waals surface area contributed by atoms with Crippen LogP contribution in [0.4, 0.5) is 5.69 Å². The molecule has 1 aromatic carbocycles. The molecule has 1 aliphatic carbocycles. The predicted molar refractivity (Wildman–Crippen MR) is 73.1 cm³/mol. The van der Waals surface area contributed by atoms with Crippen molar-refractivity contribution in [2.75, 3.05) is 12.4 Å². The molecule has 1 saturated carbocycles. The molecular weight excluding hydrogens is 264 g/mol. The highest BCUT2D eigenvalue weighted by atomic mass is 35.5. The number of hydrogen-bond donors (Lipinski definition) is 1. The van der Waals surface area contributed by atoms with E-state index < -0.39 is 5.41 Å². The quantitative estimate of drug-likeness (QED) is 0.923. The fraction of sp³-hybridized carbons (Fsp3) is 0.429. The maximum Gasteiger partial charge on any atom is 0.244 e. The van der Waals surface area contributed by atoms with Gasteiger partial charge in [0.1, 0.15) is 11.2 Å². The molecule has 0 aliphatic heterocycles. The summed E-state index contributed by atoms with van der Waals surface area (Å²) in [6.45, 7) is 2.04. The Labute approximate surface area is 117 Å². The van der Waals surface area contributed by atoms with Crippen molar-refractivity contribution in [2.45, 2.75) is 19.8 Å². The van der Waals surface area contributed by atoms with E-state index >= 15 is 0 Å². The number of carbonyl (C=O) groups is 1. The van der Waals surface area contributed by atoms with Crippen LogP contribution >= 0.6 is 11.6 Å². The Bertz CT molecular complexity index is 545. The topological polar surface area (TPSA) is 62.1 Å². The SMILES string of the molecule is COc1cc(NC(=O)C2(C#N)CC(C)C2)ccc1Cl. The number of hydrogen-bond acceptors (Lipinski definition) is 3. The van der Waals surface area contributed by atoms with E-state index in [9.17, 15) is 10.1 Å². The number of rotatable bonds is 3. The summed E-state index contributed by atoms with van der Waals surface area (Å²) in [5.74, 6) is 0.662. The fourth-order valence-corrected chi connectivity index (χ4v) is 2.64. The number of amides is 1. The van der Waals surface area contributed by atoms with Crippen molar-refractivity contribution < 1.29 is 9.53 Å². The number of methoxy groups -OCH3 is 1. The van der Waals surface area contributed by atoms with Gasteiger partial charge < -0.3 is 10.1 Å². The zero-order valence-electron chi connectivity index (χ0n) is 10.9. The molecule has 4 nitrogen and oxygen atoms in total. The number of carbonyl (C=O) groups excluding carboxylic acids is 1. The highest BCUT2D eigenvalue weighted by Crippen LogP contribution is 2.45. The lowest BCUT2D eigenvalue weighted by Gasteiger charge is -2.39. The Balaban J connectivity index is 2.13. The largest absolute Gasteiger partial charge is 0.495 e. The van der Waals surface area contributed by atoms with Gasteiger partial charge in [-0.25, -0.2) is 0 Å². The average Bonchev–Trinajstić information content (AvgIpc) is 2.36. The maximum absolute atomic E-state index is 12.2. The molecule has 0 aromatic heterocycles. The molecule has 0 bridgehead atoms. The number of anilines is 1. The summed E-state index contributed by atoms with van der Waals surface area (Å²) < 4.78 is 5.09. The number of benzene rings is 1. The molecule has 1 fully saturated rings. The van der Waals surface area contributed by atoms with Gasteiger partial charge in [0.25, 0.3) is 0 Å². The van der Waals surface area contributed by atoms with Crippen LogP contribution in [0.3, 0.4) is 0 Å². The Morgan fingerprint density at radius 1 is 1.58 bits per heavy atom. The van der Waals surface area contributed by atoms with Crippen LogP contribution in [-0.2, 0) is 4.79 Å². The number of nitriles is 1. The van der Waals surface area contributed by atoms with Gasteiger partial charge in [-0.1, -0.05) is 18.5 Å². The minimum absolute atomic E-state index is 0.252. The van der Waals surface area contributed by atoms with Crippen molar-refractivity contribution in [3.63, 3.8) is 0 Å². The van der Waals surface area contributed by atoms with Gasteiger partial charge in [0.05, 0.1) is 18.2 Å². The molecule has 1 N–H and O–H groups in total. The van der Waals surface area contributed by atoms with Crippen LogP contribution in [0.1, 0.15) is 19.8 Å². The van der Waals surface area contributed by atoms with Gasteiger partial charge >= 0.3 is 0 Å². The van der Waals surface area contributed by atoms with Gasteiger partial charge in [0.15, 0.2) is 0 Å². The first-order valence-corrected chi connectivity index (χ1v) is 6.45. The summed E-state index contributed by atoms with van der Waals surface area (Å²) in [4.78, 5) is 12.2. The monoisotopic (exact) mass is 278 g/mol. The molecule has 0 radical (unpaired) electrons. The summed E-state index contributed by atoms with van der Waals surface area (Å²) in [7, 11) is 1.51. The standard InChI is InChI=1S/C14H15ClN2O2/c1-9-6-14(7-9,8-16)13(18)17-10-3-4-11(15)12(5-10)19-2/h3-5,9H,6-7H2,1-2H3,(H,17,18). The van der Waals surface area contributed by atoms with Crippen LogP contribution < -0.4 is 10.1 Å². The average molecular weight is 279 g/mol. The van der Waals surface area contributed by atoms with Crippen LogP contribution in [0.5, 0.6) is 5.75 Å². The molecular formula is C14H15ClN2O2. The first-order chi connectivity index (χ1) is 9.00. The second-order valence-electron chi connectivity index (χ2n) is 5.01. The zero-order valence-corrected chi connectivity index (χ0v) is 11.6. The molecule has 0 saturated heterocycles. The summed E-state index contributed by atoms with van der Waals surface area (Å²) in [5, 5.41) is 12.4. The predicted octanol–water partition coefficient (Wildman–Crippen LogP) is 3.23. The second kappa shape index (κ2) is 5.10. The van der Waals surface area contributed by atoms with Crippen LogP contribution in [0.25, 0.3) is 0 Å². The Kier molecular flexibility index (Phi) is 3.68. The van der Waals surface area contributed by atoms with Gasteiger partial charge in [-0.15, -0.1) is 0 Å². The molecule has 1 aromatic rings. The third kappa shape index (κ3) is 2.52. The minimum atomic E-state index is -0.883. The Morgan fingerprint density at radius 2 is 2.26 bits per heavy atom. The number of nitrogens with one attached hydrogen (secondary N) is 1. The third-order valence-electron chi connectivity index (χ3n) is 3.45. The maximum atomic E-state index is 12.2. The Morgan fingerprint density at radius 3 is 2.79 bits per heavy atom. The summed E-state index contributed by atoms with van der Waals surface area (Å²) >= 11 is 5.92. The smallest absolute Gasteiger partial charge is 0.244 e. The lowest BCUT2D eigenvalue weighted by molar-refractivity contribution is -0.128. The van der Waals surface area contributed by atoms with Gasteiger partial charge in [-0.3, -0.25) is 4.79 Å². The van der Waals surface area contributed by atoms with E-state index in [4.69, 9.17) is 16.3 Å². The van der Waals surface area contributed by atoms with Gasteiger partial charge in [0.2, 0.25) is 5.91 Å². The summed E-state index contributed by atoms with van der Waals surface area (Å²) in [6.07, 6.45) is 1.22. The fourth-order valence-electron chi connectivity index (χ4n) is 2.45. The molecule has 0 atom stereocenters. The van der Waals surface area contributed by atoms with Crippen molar-refractivity contribution >= 4 is 23.2 Å². The van der Waals surface area contributed by atoms with Crippen LogP contribution in [0.15, 0.2) is 18.2 Å². The molecule has 0 heterocycles. The normalized spacial score (nSPS) is 25.1. The lowest BCUT2D eigenvalue weighted by Crippen LogP contribution is -2.45. The van der Waals surface area contributed by atoms with E-state index in [2.05, 4.69) is 11.4 Å². The zero-order chi connectivity index (χ0) is 14.0. The van der Waals surface area contributed by atoms with E-state index in [-0.39, 0.29) is 5.91 Å². The van der Waals surface area contributed by atoms with Crippen molar-refractivity contribution in [2.24, 2.45) is 11.3 Å². The van der Waals surface area contributed by atoms with Crippen molar-refractivity contribution in [1.82, 2.24) is 0 Å². The molecule has 0 unspecified atom stereocenters. The van der Waals surface area contributed by atoms with E-state index in [0.29, 0.717) is 35.2 Å². The molecule has 5 heteroatoms. The molecule has 100 valence electrons. The first-order valence-electron chi connectivity index (χ1n) is 6.07. The summed E-state index contributed by atoms with van der Waals surface area (Å²) in [6, 6.07) is 7.12. The minimum Gasteiger partial charge on any atom is -0.495 e. The number of ether oxygens (including phenoxy) is 1. The molecule has 19 heavy (non-hydrogen) atoms. The van der Waals surface area contributed by atoms with E-state index in [1.165, 1.54) is 7.11 Å². The third-order valence-corrected chi connectivity index (χ3v) is 3.76. The van der Waals surface area contributed by atoms with Crippen molar-refractivity contribution in [3.8, 4) is 11.8 Å². The van der Waals surface area contributed by atoms with E-state index in [1.54, 1.807) is 18.2 Å². The molecule has 1 amide bonds. The Hall–Kier alpha value is -1.73. The van der Waals surface area contributed by atoms with E-state index in [0.717, 1.165) is 0 Å². The van der Waals surface area contributed by atoms with E-state index in [1.807, 2.05) is 6.92 Å². The van der Waals surface area contributed by atoms with Gasteiger partial charge in [-0.05, 0) is 30.9 Å². The highest BCUT2D eigenvalue weighted by Gasteiger charge is 2.48. The summed E-state index contributed by atoms with van der Waals surface area (Å²) in [5.41, 5.74) is -0.299. The van der Waals surface area contributed by atoms with Crippen molar-refractivity contribution in [3.05, 3.63) is 23.2 Å². The van der Waals surface area contributed by atoms with Crippen LogP contribution in [0, 0.1) is 22.7 Å². The lowest BCUT2D eigenvalue weighted by atomic mass is 9.63. The van der Waals surface area contributed by atoms with Gasteiger partial charge in [0, 0.05) is 11.8 Å².